The number of amides is 2. The summed E-state index contributed by atoms with van der Waals surface area (Å²) in [5, 5.41) is 7.08. The van der Waals surface area contributed by atoms with Crippen molar-refractivity contribution >= 4 is 11.8 Å². The minimum Gasteiger partial charge on any atom is -0.380 e. The zero-order chi connectivity index (χ0) is 21.1. The molecule has 0 unspecified atom stereocenters. The second-order valence-corrected chi connectivity index (χ2v) is 9.50. The number of ether oxygens (including phenoxy) is 1. The summed E-state index contributed by atoms with van der Waals surface area (Å²) in [6.07, 6.45) is 11.1. The lowest BCUT2D eigenvalue weighted by Gasteiger charge is -2.47. The maximum Gasteiger partial charge on any atom is 0.273 e. The average molecular weight is 418 g/mol. The second-order valence-electron chi connectivity index (χ2n) is 9.50. The maximum atomic E-state index is 12.9. The van der Waals surface area contributed by atoms with Crippen LogP contribution in [0.1, 0.15) is 86.0 Å². The van der Waals surface area contributed by atoms with Gasteiger partial charge in [0.25, 0.3) is 5.91 Å². The summed E-state index contributed by atoms with van der Waals surface area (Å²) in [7, 11) is 1.59. The SMILES string of the molecule is COCc1c(C(=O)NC[C@@]23CCC[C@H]2N(CC2CCCCC2)C(=O)CC3)noc1C. The predicted molar refractivity (Wildman–Crippen MR) is 112 cm³/mol. The van der Waals surface area contributed by atoms with Crippen molar-refractivity contribution in [1.82, 2.24) is 15.4 Å². The normalized spacial score (nSPS) is 27.3. The fourth-order valence-electron chi connectivity index (χ4n) is 5.97. The van der Waals surface area contributed by atoms with Crippen LogP contribution in [-0.4, -0.2) is 48.1 Å². The molecule has 166 valence electrons. The molecule has 2 amide bonds. The van der Waals surface area contributed by atoms with Gasteiger partial charge in [0, 0.05) is 38.1 Å². The van der Waals surface area contributed by atoms with E-state index in [1.165, 1.54) is 32.1 Å². The number of aryl methyl sites for hydroxylation is 1. The van der Waals surface area contributed by atoms with Crippen LogP contribution in [-0.2, 0) is 16.1 Å². The van der Waals surface area contributed by atoms with Crippen molar-refractivity contribution in [1.29, 1.82) is 0 Å². The third-order valence-electron chi connectivity index (χ3n) is 7.66. The second kappa shape index (κ2) is 9.08. The van der Waals surface area contributed by atoms with Crippen LogP contribution in [0, 0.1) is 18.3 Å². The molecule has 7 nitrogen and oxygen atoms in total. The third-order valence-corrected chi connectivity index (χ3v) is 7.66. The number of methoxy groups -OCH3 is 1. The number of fused-ring (bicyclic) bond motifs is 1. The number of rotatable bonds is 7. The van der Waals surface area contributed by atoms with Crippen LogP contribution in [0.25, 0.3) is 0 Å². The van der Waals surface area contributed by atoms with Gasteiger partial charge in [-0.15, -0.1) is 0 Å². The molecule has 3 fully saturated rings. The lowest BCUT2D eigenvalue weighted by molar-refractivity contribution is -0.142. The van der Waals surface area contributed by atoms with E-state index in [0.717, 1.165) is 32.2 Å². The summed E-state index contributed by atoms with van der Waals surface area (Å²) in [5.41, 5.74) is 0.998. The maximum absolute atomic E-state index is 12.9. The summed E-state index contributed by atoms with van der Waals surface area (Å²) in [6, 6.07) is 0.249. The molecular formula is C23H35N3O4. The molecule has 0 radical (unpaired) electrons. The van der Waals surface area contributed by atoms with Crippen molar-refractivity contribution in [2.24, 2.45) is 11.3 Å². The Kier molecular flexibility index (Phi) is 6.46. The highest BCUT2D eigenvalue weighted by atomic mass is 16.5. The first kappa shape index (κ1) is 21.3. The van der Waals surface area contributed by atoms with Gasteiger partial charge in [-0.1, -0.05) is 30.8 Å². The van der Waals surface area contributed by atoms with Crippen LogP contribution in [0.3, 0.4) is 0 Å². The van der Waals surface area contributed by atoms with E-state index in [-0.39, 0.29) is 17.4 Å². The molecule has 2 atom stereocenters. The number of hydrogen-bond acceptors (Lipinski definition) is 5. The molecule has 4 rings (SSSR count). The van der Waals surface area contributed by atoms with Gasteiger partial charge in [0.1, 0.15) is 5.76 Å². The monoisotopic (exact) mass is 417 g/mol. The quantitative estimate of drug-likeness (QED) is 0.733. The number of carbonyl (C=O) groups excluding carboxylic acids is 2. The number of likely N-dealkylation sites (tertiary alicyclic amines) is 1. The van der Waals surface area contributed by atoms with Gasteiger partial charge in [0.05, 0.1) is 12.2 Å². The van der Waals surface area contributed by atoms with Gasteiger partial charge in [0.2, 0.25) is 5.91 Å². The molecule has 1 saturated heterocycles. The minimum absolute atomic E-state index is 0.0154. The third kappa shape index (κ3) is 4.13. The van der Waals surface area contributed by atoms with Crippen molar-refractivity contribution in [3.8, 4) is 0 Å². The minimum atomic E-state index is -0.213. The molecule has 2 saturated carbocycles. The van der Waals surface area contributed by atoms with Crippen LogP contribution >= 0.6 is 0 Å². The molecule has 2 aliphatic carbocycles. The standard InChI is InChI=1S/C23H35N3O4/c1-16-18(14-29-2)21(25-30-16)22(28)24-15-23-11-6-9-19(23)26(20(27)10-12-23)13-17-7-4-3-5-8-17/h17,19H,3-15H2,1-2H3,(H,24,28)/t19-,23+/m1/s1. The van der Waals surface area contributed by atoms with E-state index < -0.39 is 0 Å². The fraction of sp³-hybridized carbons (Fsp3) is 0.783. The molecule has 30 heavy (non-hydrogen) atoms. The van der Waals surface area contributed by atoms with Gasteiger partial charge in [-0.3, -0.25) is 9.59 Å². The highest BCUT2D eigenvalue weighted by Crippen LogP contribution is 2.48. The summed E-state index contributed by atoms with van der Waals surface area (Å²) >= 11 is 0. The van der Waals surface area contributed by atoms with E-state index in [0.29, 0.717) is 48.4 Å². The molecule has 0 aromatic carbocycles. The molecule has 0 bridgehead atoms. The van der Waals surface area contributed by atoms with Crippen LogP contribution in [0.5, 0.6) is 0 Å². The first-order chi connectivity index (χ1) is 14.5. The highest BCUT2D eigenvalue weighted by Gasteiger charge is 2.50. The lowest BCUT2D eigenvalue weighted by Crippen LogP contribution is -2.57. The van der Waals surface area contributed by atoms with E-state index in [1.54, 1.807) is 14.0 Å². The Morgan fingerprint density at radius 2 is 2.03 bits per heavy atom. The topological polar surface area (TPSA) is 84.7 Å². The van der Waals surface area contributed by atoms with Crippen molar-refractivity contribution in [3.63, 3.8) is 0 Å². The molecular weight excluding hydrogens is 382 g/mol. The van der Waals surface area contributed by atoms with Gasteiger partial charge >= 0.3 is 0 Å². The van der Waals surface area contributed by atoms with E-state index in [1.807, 2.05) is 0 Å². The number of nitrogens with zero attached hydrogens (tertiary/aromatic N) is 2. The van der Waals surface area contributed by atoms with Crippen molar-refractivity contribution in [2.45, 2.75) is 83.8 Å². The van der Waals surface area contributed by atoms with Gasteiger partial charge in [-0.05, 0) is 44.9 Å². The van der Waals surface area contributed by atoms with Gasteiger partial charge in [-0.2, -0.15) is 0 Å². The molecule has 0 spiro atoms. The number of nitrogens with one attached hydrogen (secondary N) is 1. The van der Waals surface area contributed by atoms with E-state index >= 15 is 0 Å². The molecule has 3 aliphatic rings. The molecule has 1 aromatic rings. The van der Waals surface area contributed by atoms with E-state index in [9.17, 15) is 9.59 Å². The Morgan fingerprint density at radius 3 is 2.80 bits per heavy atom. The molecule has 1 aliphatic heterocycles. The summed E-state index contributed by atoms with van der Waals surface area (Å²) in [4.78, 5) is 27.9. The Balaban J connectivity index is 1.45. The molecule has 1 aromatic heterocycles. The van der Waals surface area contributed by atoms with Crippen molar-refractivity contribution < 1.29 is 18.8 Å². The molecule has 7 heteroatoms. The summed E-state index contributed by atoms with van der Waals surface area (Å²) in [6.45, 7) is 3.58. The zero-order valence-electron chi connectivity index (χ0n) is 18.4. The highest BCUT2D eigenvalue weighted by molar-refractivity contribution is 5.93. The van der Waals surface area contributed by atoms with E-state index in [2.05, 4.69) is 15.4 Å². The van der Waals surface area contributed by atoms with Crippen molar-refractivity contribution in [2.75, 3.05) is 20.2 Å². The number of piperidine rings is 1. The number of carbonyl (C=O) groups is 2. The van der Waals surface area contributed by atoms with Gasteiger partial charge < -0.3 is 19.5 Å². The average Bonchev–Trinajstić information content (AvgIpc) is 3.34. The molecule has 2 heterocycles. The van der Waals surface area contributed by atoms with Crippen LogP contribution in [0.4, 0.5) is 0 Å². The summed E-state index contributed by atoms with van der Waals surface area (Å²) in [5.74, 6) is 1.35. The van der Waals surface area contributed by atoms with Crippen molar-refractivity contribution in [3.05, 3.63) is 17.0 Å². The number of hydrogen-bond donors (Lipinski definition) is 1. The predicted octanol–water partition coefficient (Wildman–Crippen LogP) is 3.60. The van der Waals surface area contributed by atoms with E-state index in [4.69, 9.17) is 9.26 Å². The van der Waals surface area contributed by atoms with Crippen LogP contribution < -0.4 is 5.32 Å². The Morgan fingerprint density at radius 1 is 1.23 bits per heavy atom. The Labute approximate surface area is 178 Å². The Hall–Kier alpha value is -1.89. The lowest BCUT2D eigenvalue weighted by atomic mass is 9.74. The largest absolute Gasteiger partial charge is 0.380 e. The van der Waals surface area contributed by atoms with Gasteiger partial charge in [0.15, 0.2) is 5.69 Å². The first-order valence-corrected chi connectivity index (χ1v) is 11.6. The van der Waals surface area contributed by atoms with Crippen LogP contribution in [0.15, 0.2) is 4.52 Å². The fourth-order valence-corrected chi connectivity index (χ4v) is 5.97. The zero-order valence-corrected chi connectivity index (χ0v) is 18.4. The Bertz CT molecular complexity index is 770. The van der Waals surface area contributed by atoms with Gasteiger partial charge in [-0.25, -0.2) is 0 Å². The first-order valence-electron chi connectivity index (χ1n) is 11.6. The summed E-state index contributed by atoms with van der Waals surface area (Å²) < 4.78 is 10.4. The molecule has 1 N–H and O–H groups in total. The van der Waals surface area contributed by atoms with Crippen LogP contribution in [0.2, 0.25) is 0 Å². The number of aromatic nitrogens is 1. The smallest absolute Gasteiger partial charge is 0.273 e.